The quantitative estimate of drug-likeness (QED) is 0.694. The van der Waals surface area contributed by atoms with Gasteiger partial charge in [0.15, 0.2) is 6.29 Å². The maximum atomic E-state index is 12.2. The van der Waals surface area contributed by atoms with E-state index < -0.39 is 38.5 Å². The molecule has 8 nitrogen and oxygen atoms in total. The first-order chi connectivity index (χ1) is 9.58. The number of hydrogen-bond acceptors (Lipinski definition) is 8. The Kier molecular flexibility index (Phi) is 5.56. The van der Waals surface area contributed by atoms with Gasteiger partial charge in [-0.3, -0.25) is 13.6 Å². The fourth-order valence-electron chi connectivity index (χ4n) is 2.42. The lowest BCUT2D eigenvalue weighted by atomic mass is 9.99. The van der Waals surface area contributed by atoms with Gasteiger partial charge in [0.05, 0.1) is 13.2 Å². The average molecular weight is 312 g/mol. The second-order valence-corrected chi connectivity index (χ2v) is 6.03. The van der Waals surface area contributed by atoms with Crippen molar-refractivity contribution in [3.05, 3.63) is 0 Å². The van der Waals surface area contributed by atoms with E-state index in [1.807, 2.05) is 0 Å². The molecule has 2 saturated heterocycles. The van der Waals surface area contributed by atoms with E-state index >= 15 is 0 Å². The summed E-state index contributed by atoms with van der Waals surface area (Å²) in [4.78, 5) is 0. The van der Waals surface area contributed by atoms with Crippen molar-refractivity contribution >= 4 is 7.82 Å². The van der Waals surface area contributed by atoms with Crippen LogP contribution in [0.1, 0.15) is 6.92 Å². The Bertz CT molecular complexity index is 364. The molecule has 6 atom stereocenters. The molecule has 0 aromatic heterocycles. The van der Waals surface area contributed by atoms with Crippen molar-refractivity contribution < 1.29 is 37.1 Å². The Morgan fingerprint density at radius 1 is 1.15 bits per heavy atom. The second kappa shape index (κ2) is 6.81. The minimum Gasteiger partial charge on any atom is -0.376 e. The molecule has 0 spiro atoms. The molecule has 0 unspecified atom stereocenters. The Hall–Kier alpha value is -0.0500. The van der Waals surface area contributed by atoms with Crippen molar-refractivity contribution in [1.82, 2.24) is 0 Å². The predicted molar refractivity (Wildman–Crippen MR) is 67.3 cm³/mol. The van der Waals surface area contributed by atoms with E-state index in [1.54, 1.807) is 6.92 Å². The summed E-state index contributed by atoms with van der Waals surface area (Å²) in [6.07, 6.45) is -2.68. The highest BCUT2D eigenvalue weighted by Gasteiger charge is 2.54. The average Bonchev–Trinajstić information content (AvgIpc) is 2.45. The first kappa shape index (κ1) is 16.3. The van der Waals surface area contributed by atoms with E-state index in [-0.39, 0.29) is 13.2 Å². The van der Waals surface area contributed by atoms with Gasteiger partial charge in [-0.1, -0.05) is 0 Å². The van der Waals surface area contributed by atoms with E-state index in [2.05, 4.69) is 0 Å². The highest BCUT2D eigenvalue weighted by Crippen LogP contribution is 2.55. The van der Waals surface area contributed by atoms with Crippen molar-refractivity contribution in [3.8, 4) is 0 Å². The molecule has 20 heavy (non-hydrogen) atoms. The fraction of sp³-hybridized carbons (Fsp3) is 1.00. The van der Waals surface area contributed by atoms with Gasteiger partial charge < -0.3 is 18.9 Å². The lowest BCUT2D eigenvalue weighted by Gasteiger charge is -2.47. The number of rotatable bonds is 5. The predicted octanol–water partition coefficient (Wildman–Crippen LogP) is 0.948. The van der Waals surface area contributed by atoms with Crippen LogP contribution in [0.3, 0.4) is 0 Å². The van der Waals surface area contributed by atoms with Gasteiger partial charge in [-0.05, 0) is 6.92 Å². The van der Waals surface area contributed by atoms with Gasteiger partial charge in [-0.25, -0.2) is 4.57 Å². The SMILES string of the molecule is CCO[P@]1(=O)OC[C@H]2O[C@H](OC)[C@H](OC)[C@@H](OC)[C@@H]2O1. The maximum absolute atomic E-state index is 12.2. The molecule has 2 aliphatic heterocycles. The zero-order chi connectivity index (χ0) is 14.8. The molecular formula is C11H21O8P. The third kappa shape index (κ3) is 3.08. The number of methoxy groups -OCH3 is 3. The van der Waals surface area contributed by atoms with Gasteiger partial charge in [-0.2, -0.15) is 0 Å². The molecule has 2 fully saturated rings. The number of phosphoric ester groups is 1. The number of hydrogen-bond donors (Lipinski definition) is 0. The summed E-state index contributed by atoms with van der Waals surface area (Å²) in [7, 11) is 0.984. The first-order valence-electron chi connectivity index (χ1n) is 6.40. The summed E-state index contributed by atoms with van der Waals surface area (Å²) in [5, 5.41) is 0. The first-order valence-corrected chi connectivity index (χ1v) is 7.86. The van der Waals surface area contributed by atoms with Crippen LogP contribution in [0.5, 0.6) is 0 Å². The molecule has 0 aliphatic carbocycles. The molecule has 0 N–H and O–H groups in total. The Balaban J connectivity index is 2.18. The van der Waals surface area contributed by atoms with Crippen LogP contribution in [0.25, 0.3) is 0 Å². The molecule has 0 aromatic carbocycles. The van der Waals surface area contributed by atoms with E-state index in [9.17, 15) is 4.57 Å². The molecule has 0 amide bonds. The van der Waals surface area contributed by atoms with Gasteiger partial charge in [-0.15, -0.1) is 0 Å². The summed E-state index contributed by atoms with van der Waals surface area (Å²) >= 11 is 0. The molecule has 2 aliphatic rings. The number of ether oxygens (including phenoxy) is 4. The maximum Gasteiger partial charge on any atom is 0.475 e. The highest BCUT2D eigenvalue weighted by molar-refractivity contribution is 7.48. The highest BCUT2D eigenvalue weighted by atomic mass is 31.2. The zero-order valence-electron chi connectivity index (χ0n) is 12.0. The molecule has 0 radical (unpaired) electrons. The molecule has 118 valence electrons. The monoisotopic (exact) mass is 312 g/mol. The normalized spacial score (nSPS) is 45.1. The molecule has 2 rings (SSSR count). The third-order valence-electron chi connectivity index (χ3n) is 3.30. The lowest BCUT2D eigenvalue weighted by Crippen LogP contribution is -2.62. The Morgan fingerprint density at radius 2 is 1.85 bits per heavy atom. The van der Waals surface area contributed by atoms with Crippen LogP contribution in [0.15, 0.2) is 0 Å². The summed E-state index contributed by atoms with van der Waals surface area (Å²) in [6.45, 7) is 2.02. The van der Waals surface area contributed by atoms with E-state index in [0.717, 1.165) is 0 Å². The van der Waals surface area contributed by atoms with Crippen LogP contribution in [0.4, 0.5) is 0 Å². The van der Waals surface area contributed by atoms with E-state index in [4.69, 9.17) is 32.5 Å². The third-order valence-corrected chi connectivity index (χ3v) is 4.84. The van der Waals surface area contributed by atoms with Gasteiger partial charge >= 0.3 is 7.82 Å². The largest absolute Gasteiger partial charge is 0.475 e. The van der Waals surface area contributed by atoms with Crippen molar-refractivity contribution in [3.63, 3.8) is 0 Å². The van der Waals surface area contributed by atoms with Crippen molar-refractivity contribution in [2.45, 2.75) is 37.6 Å². The van der Waals surface area contributed by atoms with Crippen LogP contribution in [0.2, 0.25) is 0 Å². The van der Waals surface area contributed by atoms with E-state index in [0.29, 0.717) is 0 Å². The minimum absolute atomic E-state index is 0.0814. The summed E-state index contributed by atoms with van der Waals surface area (Å²) in [6, 6.07) is 0. The van der Waals surface area contributed by atoms with Crippen molar-refractivity contribution in [1.29, 1.82) is 0 Å². The van der Waals surface area contributed by atoms with Gasteiger partial charge in [0.25, 0.3) is 0 Å². The standard InChI is InChI=1S/C11H21O8P/c1-5-16-20(12)17-6-7-8(19-20)9(13-2)10(14-3)11(15-4)18-7/h7-11H,5-6H2,1-4H3/t7-,8-,9+,10-,11+,20-/m1/s1. The molecular weight excluding hydrogens is 291 g/mol. The van der Waals surface area contributed by atoms with Gasteiger partial charge in [0.2, 0.25) is 0 Å². The fourth-order valence-corrected chi connectivity index (χ4v) is 3.81. The van der Waals surface area contributed by atoms with E-state index in [1.165, 1.54) is 21.3 Å². The van der Waals surface area contributed by atoms with Crippen molar-refractivity contribution in [2.75, 3.05) is 34.5 Å². The summed E-state index contributed by atoms with van der Waals surface area (Å²) in [5.41, 5.74) is 0. The Morgan fingerprint density at radius 3 is 2.40 bits per heavy atom. The number of fused-ring (bicyclic) bond motifs is 1. The summed E-state index contributed by atoms with van der Waals surface area (Å²) in [5.74, 6) is 0. The Labute approximate surface area is 118 Å². The second-order valence-electron chi connectivity index (χ2n) is 4.41. The van der Waals surface area contributed by atoms with Crippen molar-refractivity contribution in [2.24, 2.45) is 0 Å². The van der Waals surface area contributed by atoms with Crippen LogP contribution in [0, 0.1) is 0 Å². The molecule has 2 heterocycles. The van der Waals surface area contributed by atoms with Gasteiger partial charge in [0, 0.05) is 21.3 Å². The molecule has 0 aromatic rings. The number of phosphoric acid groups is 1. The zero-order valence-corrected chi connectivity index (χ0v) is 12.9. The van der Waals surface area contributed by atoms with Crippen LogP contribution < -0.4 is 0 Å². The molecule has 0 bridgehead atoms. The van der Waals surface area contributed by atoms with Crippen LogP contribution >= 0.6 is 7.82 Å². The topological polar surface area (TPSA) is 81.7 Å². The van der Waals surface area contributed by atoms with Gasteiger partial charge in [0.1, 0.15) is 24.4 Å². The minimum atomic E-state index is -3.57. The smallest absolute Gasteiger partial charge is 0.376 e. The van der Waals surface area contributed by atoms with Crippen LogP contribution in [-0.4, -0.2) is 65.2 Å². The molecule has 9 heteroatoms. The van der Waals surface area contributed by atoms with Crippen LogP contribution in [-0.2, 0) is 37.1 Å². The lowest BCUT2D eigenvalue weighted by molar-refractivity contribution is -0.307. The summed E-state index contributed by atoms with van der Waals surface area (Å²) < 4.78 is 49.6. The molecule has 0 saturated carbocycles.